The van der Waals surface area contributed by atoms with Gasteiger partial charge < -0.3 is 4.74 Å². The van der Waals surface area contributed by atoms with Gasteiger partial charge >= 0.3 is 0 Å². The van der Waals surface area contributed by atoms with E-state index in [0.717, 1.165) is 24.0 Å². The van der Waals surface area contributed by atoms with Gasteiger partial charge in [-0.05, 0) is 59.8 Å². The Hall–Kier alpha value is -1.76. The molecule has 2 aromatic rings. The highest BCUT2D eigenvalue weighted by atomic mass is 16.5. The van der Waals surface area contributed by atoms with Crippen LogP contribution in [0.3, 0.4) is 0 Å². The third-order valence-corrected chi connectivity index (χ3v) is 6.40. The largest absolute Gasteiger partial charge is 0.489 e. The summed E-state index contributed by atoms with van der Waals surface area (Å²) in [4.78, 5) is 0. The van der Waals surface area contributed by atoms with Gasteiger partial charge in [-0.25, -0.2) is 0 Å². The van der Waals surface area contributed by atoms with Crippen LogP contribution in [0.15, 0.2) is 48.5 Å². The first-order valence-corrected chi connectivity index (χ1v) is 11.4. The first-order chi connectivity index (χ1) is 13.6. The van der Waals surface area contributed by atoms with Gasteiger partial charge in [0.15, 0.2) is 0 Å². The quantitative estimate of drug-likeness (QED) is 0.430. The number of para-hydroxylation sites is 1. The van der Waals surface area contributed by atoms with E-state index in [-0.39, 0.29) is 0 Å². The lowest BCUT2D eigenvalue weighted by molar-refractivity contribution is 0.285. The Morgan fingerprint density at radius 3 is 2.29 bits per heavy atom. The zero-order valence-corrected chi connectivity index (χ0v) is 18.1. The Morgan fingerprint density at radius 1 is 0.857 bits per heavy atom. The third kappa shape index (κ3) is 6.12. The summed E-state index contributed by atoms with van der Waals surface area (Å²) in [5, 5.41) is 0. The van der Waals surface area contributed by atoms with Gasteiger partial charge in [0.25, 0.3) is 0 Å². The fourth-order valence-corrected chi connectivity index (χ4v) is 4.75. The second kappa shape index (κ2) is 10.7. The number of hydrogen-bond donors (Lipinski definition) is 0. The summed E-state index contributed by atoms with van der Waals surface area (Å²) in [6.07, 6.45) is 11.1. The summed E-state index contributed by atoms with van der Waals surface area (Å²) in [6, 6.07) is 17.3. The zero-order valence-electron chi connectivity index (χ0n) is 18.1. The van der Waals surface area contributed by atoms with Gasteiger partial charge in [0, 0.05) is 0 Å². The maximum absolute atomic E-state index is 6.30. The Morgan fingerprint density at radius 2 is 1.54 bits per heavy atom. The fourth-order valence-electron chi connectivity index (χ4n) is 4.75. The van der Waals surface area contributed by atoms with Crippen LogP contribution in [-0.4, -0.2) is 0 Å². The van der Waals surface area contributed by atoms with Crippen molar-refractivity contribution >= 4 is 0 Å². The lowest BCUT2D eigenvalue weighted by Crippen LogP contribution is -2.11. The van der Waals surface area contributed by atoms with E-state index in [9.17, 15) is 0 Å². The minimum absolute atomic E-state index is 0.524. The molecular weight excluding hydrogens is 340 g/mol. The van der Waals surface area contributed by atoms with E-state index < -0.39 is 0 Å². The van der Waals surface area contributed by atoms with E-state index in [4.69, 9.17) is 4.74 Å². The maximum atomic E-state index is 6.30. The van der Waals surface area contributed by atoms with Crippen LogP contribution in [0.1, 0.15) is 88.3 Å². The van der Waals surface area contributed by atoms with Gasteiger partial charge in [-0.15, -0.1) is 0 Å². The highest BCUT2D eigenvalue weighted by Crippen LogP contribution is 2.31. The van der Waals surface area contributed by atoms with Gasteiger partial charge in [0.1, 0.15) is 12.4 Å². The topological polar surface area (TPSA) is 9.23 Å². The molecule has 0 bridgehead atoms. The minimum atomic E-state index is 0.524. The summed E-state index contributed by atoms with van der Waals surface area (Å²) in [5.41, 5.74) is 4.05. The molecule has 0 saturated heterocycles. The van der Waals surface area contributed by atoms with Crippen LogP contribution in [0.5, 0.6) is 5.75 Å². The van der Waals surface area contributed by atoms with E-state index in [0.29, 0.717) is 12.5 Å². The standard InChI is InChI=1S/C27H38O/c1-21(2)26-15-9-7-14-25(26)20-28-27-16-10-8-13-24(27)18-17-22(3)19-23-11-5-4-6-12-23/h7-10,13-16,21-23H,4-6,11-12,17-20H2,1-3H3. The fraction of sp³-hybridized carbons (Fsp3) is 0.556. The molecular formula is C27H38O. The molecule has 152 valence electrons. The monoisotopic (exact) mass is 378 g/mol. The number of aryl methyl sites for hydroxylation is 1. The van der Waals surface area contributed by atoms with Crippen LogP contribution in [0.2, 0.25) is 0 Å². The molecule has 1 atom stereocenters. The van der Waals surface area contributed by atoms with E-state index in [1.165, 1.54) is 61.6 Å². The van der Waals surface area contributed by atoms with E-state index in [1.54, 1.807) is 0 Å². The van der Waals surface area contributed by atoms with Crippen molar-refractivity contribution < 1.29 is 4.74 Å². The number of ether oxygens (including phenoxy) is 1. The Labute approximate surface area is 172 Å². The van der Waals surface area contributed by atoms with Crippen molar-refractivity contribution in [3.05, 3.63) is 65.2 Å². The minimum Gasteiger partial charge on any atom is -0.489 e. The molecule has 3 rings (SSSR count). The SMILES string of the molecule is CC(CCc1ccccc1OCc1ccccc1C(C)C)CC1CCCCC1. The first-order valence-electron chi connectivity index (χ1n) is 11.4. The highest BCUT2D eigenvalue weighted by Gasteiger charge is 2.17. The highest BCUT2D eigenvalue weighted by molar-refractivity contribution is 5.35. The molecule has 0 spiro atoms. The van der Waals surface area contributed by atoms with Crippen LogP contribution in [0.25, 0.3) is 0 Å². The van der Waals surface area contributed by atoms with E-state index in [1.807, 2.05) is 0 Å². The molecule has 28 heavy (non-hydrogen) atoms. The predicted octanol–water partition coefficient (Wildman–Crippen LogP) is 7.93. The van der Waals surface area contributed by atoms with Gasteiger partial charge in [0.2, 0.25) is 0 Å². The first kappa shape index (κ1) is 21.0. The van der Waals surface area contributed by atoms with Gasteiger partial charge in [0.05, 0.1) is 0 Å². The Balaban J connectivity index is 1.55. The van der Waals surface area contributed by atoms with Crippen LogP contribution >= 0.6 is 0 Å². The van der Waals surface area contributed by atoms with Gasteiger partial charge in [-0.2, -0.15) is 0 Å². The molecule has 1 aliphatic carbocycles. The predicted molar refractivity (Wildman–Crippen MR) is 120 cm³/mol. The molecule has 1 heteroatoms. The number of benzene rings is 2. The van der Waals surface area contributed by atoms with Crippen molar-refractivity contribution in [1.82, 2.24) is 0 Å². The molecule has 1 unspecified atom stereocenters. The van der Waals surface area contributed by atoms with Crippen molar-refractivity contribution in [2.45, 2.75) is 84.7 Å². The molecule has 0 radical (unpaired) electrons. The van der Waals surface area contributed by atoms with E-state index >= 15 is 0 Å². The molecule has 1 saturated carbocycles. The summed E-state index contributed by atoms with van der Waals surface area (Å²) >= 11 is 0. The van der Waals surface area contributed by atoms with Gasteiger partial charge in [-0.3, -0.25) is 0 Å². The van der Waals surface area contributed by atoms with E-state index in [2.05, 4.69) is 69.3 Å². The van der Waals surface area contributed by atoms with Crippen molar-refractivity contribution in [1.29, 1.82) is 0 Å². The van der Waals surface area contributed by atoms with Crippen LogP contribution < -0.4 is 4.74 Å². The summed E-state index contributed by atoms with van der Waals surface area (Å²) in [7, 11) is 0. The van der Waals surface area contributed by atoms with Crippen molar-refractivity contribution in [2.24, 2.45) is 11.8 Å². The number of rotatable bonds is 9. The lowest BCUT2D eigenvalue weighted by Gasteiger charge is -2.24. The van der Waals surface area contributed by atoms with Crippen molar-refractivity contribution in [3.63, 3.8) is 0 Å². The maximum Gasteiger partial charge on any atom is 0.122 e. The Kier molecular flexibility index (Phi) is 8.01. The molecule has 0 aliphatic heterocycles. The average Bonchev–Trinajstić information content (AvgIpc) is 2.72. The summed E-state index contributed by atoms with van der Waals surface area (Å²) < 4.78 is 6.30. The summed E-state index contributed by atoms with van der Waals surface area (Å²) in [5.74, 6) is 3.36. The van der Waals surface area contributed by atoms with Crippen LogP contribution in [0, 0.1) is 11.8 Å². The van der Waals surface area contributed by atoms with Crippen LogP contribution in [0.4, 0.5) is 0 Å². The summed E-state index contributed by atoms with van der Waals surface area (Å²) in [6.45, 7) is 7.60. The second-order valence-corrected chi connectivity index (χ2v) is 9.13. The zero-order chi connectivity index (χ0) is 19.8. The van der Waals surface area contributed by atoms with Crippen LogP contribution in [-0.2, 0) is 13.0 Å². The lowest BCUT2D eigenvalue weighted by atomic mass is 9.82. The normalized spacial score (nSPS) is 16.3. The molecule has 0 amide bonds. The molecule has 1 fully saturated rings. The average molecular weight is 379 g/mol. The molecule has 0 aromatic heterocycles. The van der Waals surface area contributed by atoms with Crippen molar-refractivity contribution in [2.75, 3.05) is 0 Å². The smallest absolute Gasteiger partial charge is 0.122 e. The molecule has 2 aromatic carbocycles. The molecule has 0 N–H and O–H groups in total. The number of hydrogen-bond acceptors (Lipinski definition) is 1. The molecule has 0 heterocycles. The second-order valence-electron chi connectivity index (χ2n) is 9.13. The molecule has 1 nitrogen and oxygen atoms in total. The van der Waals surface area contributed by atoms with Gasteiger partial charge in [-0.1, -0.05) is 95.3 Å². The third-order valence-electron chi connectivity index (χ3n) is 6.40. The molecule has 1 aliphatic rings. The van der Waals surface area contributed by atoms with Crippen molar-refractivity contribution in [3.8, 4) is 5.75 Å². The Bertz CT molecular complexity index is 712.